The van der Waals surface area contributed by atoms with Gasteiger partial charge in [0.25, 0.3) is 5.56 Å². The minimum absolute atomic E-state index is 0.0953. The molecule has 7 rings (SSSR count). The number of halogens is 1. The number of nitrogens with one attached hydrogen (secondary N) is 2. The molecular weight excluding hydrogens is 425 g/mol. The van der Waals surface area contributed by atoms with Crippen LogP contribution in [-0.2, 0) is 4.79 Å². The van der Waals surface area contributed by atoms with Crippen LogP contribution in [0.4, 0.5) is 10.2 Å². The van der Waals surface area contributed by atoms with E-state index in [9.17, 15) is 19.1 Å². The Morgan fingerprint density at radius 3 is 2.64 bits per heavy atom. The quantitative estimate of drug-likeness (QED) is 0.541. The van der Waals surface area contributed by atoms with E-state index < -0.39 is 17.7 Å². The number of nitrogens with zero attached hydrogens (tertiary/aromatic N) is 3. The number of fused-ring (bicyclic) bond motifs is 4. The van der Waals surface area contributed by atoms with Gasteiger partial charge in [-0.1, -0.05) is 0 Å². The summed E-state index contributed by atoms with van der Waals surface area (Å²) in [5.41, 5.74) is 1.52. The van der Waals surface area contributed by atoms with Crippen LogP contribution in [-0.4, -0.2) is 36.6 Å². The minimum Gasteiger partial charge on any atom is -0.481 e. The fourth-order valence-corrected chi connectivity index (χ4v) is 6.03. The van der Waals surface area contributed by atoms with Crippen molar-refractivity contribution >= 4 is 22.8 Å². The van der Waals surface area contributed by atoms with Gasteiger partial charge in [0.05, 0.1) is 17.8 Å². The first-order chi connectivity index (χ1) is 16.0. The number of aromatic nitrogens is 4. The lowest BCUT2D eigenvalue weighted by atomic mass is 9.61. The van der Waals surface area contributed by atoms with Gasteiger partial charge in [-0.2, -0.15) is 0 Å². The number of rotatable bonds is 5. The Bertz CT molecular complexity index is 1290. The molecule has 4 saturated carbocycles. The zero-order valence-corrected chi connectivity index (χ0v) is 18.1. The van der Waals surface area contributed by atoms with Gasteiger partial charge in [-0.3, -0.25) is 9.59 Å². The van der Waals surface area contributed by atoms with Gasteiger partial charge in [-0.25, -0.2) is 14.4 Å². The summed E-state index contributed by atoms with van der Waals surface area (Å²) >= 11 is 0. The zero-order valence-electron chi connectivity index (χ0n) is 18.1. The Morgan fingerprint density at radius 2 is 1.94 bits per heavy atom. The summed E-state index contributed by atoms with van der Waals surface area (Å²) in [6.45, 7) is 0. The molecule has 0 spiro atoms. The molecule has 4 fully saturated rings. The first kappa shape index (κ1) is 20.4. The highest BCUT2D eigenvalue weighted by molar-refractivity contribution is 5.92. The third-order valence-electron chi connectivity index (χ3n) is 7.98. The van der Waals surface area contributed by atoms with Gasteiger partial charge in [0, 0.05) is 35.4 Å². The van der Waals surface area contributed by atoms with E-state index in [1.165, 1.54) is 6.07 Å². The second kappa shape index (κ2) is 7.67. The molecule has 0 saturated heterocycles. The molecule has 4 aliphatic rings. The molecular formula is C24H26FN5O3. The summed E-state index contributed by atoms with van der Waals surface area (Å²) in [5, 5.41) is 13.8. The van der Waals surface area contributed by atoms with Crippen molar-refractivity contribution in [3.63, 3.8) is 0 Å². The van der Waals surface area contributed by atoms with E-state index in [0.717, 1.165) is 51.1 Å². The van der Waals surface area contributed by atoms with Crippen LogP contribution in [0.5, 0.6) is 0 Å². The first-order valence-corrected chi connectivity index (χ1v) is 11.7. The van der Waals surface area contributed by atoms with E-state index in [-0.39, 0.29) is 35.3 Å². The smallest absolute Gasteiger partial charge is 0.308 e. The Balaban J connectivity index is 1.46. The standard InChI is InChI=1S/C24H26FN5O3/c25-14-8-16-17(10-27-21(16)26-9-14)18-11-30(15-2-1-3-15)23(31)22(28-18)29-20-13-6-4-12(5-7-13)19(20)24(32)33/h8-13,15,19-20H,1-7H2,(H,26,27)(H,28,29)(H,32,33)/t12?,13?,19-,20-/m0/s1. The van der Waals surface area contributed by atoms with Crippen molar-refractivity contribution in [3.8, 4) is 11.3 Å². The maximum atomic E-state index is 13.9. The van der Waals surface area contributed by atoms with Crippen molar-refractivity contribution in [2.45, 2.75) is 57.0 Å². The molecule has 3 aromatic rings. The molecule has 172 valence electrons. The molecule has 0 aromatic carbocycles. The lowest BCUT2D eigenvalue weighted by Gasteiger charge is -2.47. The highest BCUT2D eigenvalue weighted by Gasteiger charge is 2.47. The van der Waals surface area contributed by atoms with E-state index in [2.05, 4.69) is 20.3 Å². The fourth-order valence-electron chi connectivity index (χ4n) is 6.03. The molecule has 4 aliphatic carbocycles. The minimum atomic E-state index is -0.810. The van der Waals surface area contributed by atoms with Gasteiger partial charge in [-0.15, -0.1) is 0 Å². The number of anilines is 1. The molecule has 9 heteroatoms. The van der Waals surface area contributed by atoms with E-state index >= 15 is 0 Å². The summed E-state index contributed by atoms with van der Waals surface area (Å²) in [6.07, 6.45) is 11.3. The van der Waals surface area contributed by atoms with Gasteiger partial charge in [-0.05, 0) is 62.8 Å². The number of hydrogen-bond donors (Lipinski definition) is 3. The number of aromatic amines is 1. The van der Waals surface area contributed by atoms with Crippen LogP contribution in [0.1, 0.15) is 51.0 Å². The molecule has 0 unspecified atom stereocenters. The number of aliphatic carboxylic acids is 1. The maximum Gasteiger partial charge on any atom is 0.308 e. The number of hydrogen-bond acceptors (Lipinski definition) is 5. The Kier molecular flexibility index (Phi) is 4.74. The van der Waals surface area contributed by atoms with Crippen molar-refractivity contribution < 1.29 is 14.3 Å². The van der Waals surface area contributed by atoms with Gasteiger partial charge in [0.1, 0.15) is 11.5 Å². The average molecular weight is 452 g/mol. The second-order valence-electron chi connectivity index (χ2n) is 9.73. The molecule has 8 nitrogen and oxygen atoms in total. The molecule has 0 radical (unpaired) electrons. The predicted octanol–water partition coefficient (Wildman–Crippen LogP) is 3.95. The lowest BCUT2D eigenvalue weighted by Crippen LogP contribution is -2.52. The third-order valence-corrected chi connectivity index (χ3v) is 7.98. The summed E-state index contributed by atoms with van der Waals surface area (Å²) in [4.78, 5) is 37.3. The SMILES string of the molecule is O=C(O)[C@H]1C2CCC(CC2)[C@@H]1Nc1nc(-c2c[nH]c3ncc(F)cc23)cn(C2CCC2)c1=O. The fraction of sp³-hybridized carbons (Fsp3) is 0.500. The molecule has 2 atom stereocenters. The van der Waals surface area contributed by atoms with Crippen LogP contribution >= 0.6 is 0 Å². The highest BCUT2D eigenvalue weighted by atomic mass is 19.1. The molecule has 3 heterocycles. The van der Waals surface area contributed by atoms with Gasteiger partial charge < -0.3 is 20.0 Å². The number of carboxylic acid groups (broad SMARTS) is 1. The van der Waals surface area contributed by atoms with Crippen molar-refractivity contribution in [1.82, 2.24) is 19.5 Å². The molecule has 33 heavy (non-hydrogen) atoms. The van der Waals surface area contributed by atoms with Gasteiger partial charge in [0.15, 0.2) is 5.82 Å². The number of carbonyl (C=O) groups is 1. The largest absolute Gasteiger partial charge is 0.481 e. The van der Waals surface area contributed by atoms with Crippen LogP contribution in [0.2, 0.25) is 0 Å². The van der Waals surface area contributed by atoms with E-state index in [1.54, 1.807) is 17.0 Å². The topological polar surface area (TPSA) is 113 Å². The molecule has 2 bridgehead atoms. The van der Waals surface area contributed by atoms with Crippen LogP contribution < -0.4 is 10.9 Å². The summed E-state index contributed by atoms with van der Waals surface area (Å²) in [7, 11) is 0. The van der Waals surface area contributed by atoms with Crippen molar-refractivity contribution in [1.29, 1.82) is 0 Å². The summed E-state index contributed by atoms with van der Waals surface area (Å²) < 4.78 is 15.6. The Hall–Kier alpha value is -3.23. The van der Waals surface area contributed by atoms with Crippen LogP contribution in [0.3, 0.4) is 0 Å². The Labute approximate surface area is 189 Å². The lowest BCUT2D eigenvalue weighted by molar-refractivity contribution is -0.148. The van der Waals surface area contributed by atoms with Crippen LogP contribution in [0, 0.1) is 23.6 Å². The molecule has 0 aliphatic heterocycles. The van der Waals surface area contributed by atoms with E-state index in [1.807, 2.05) is 0 Å². The third kappa shape index (κ3) is 3.32. The summed E-state index contributed by atoms with van der Waals surface area (Å²) in [5.74, 6) is -1.26. The normalized spacial score (nSPS) is 26.9. The van der Waals surface area contributed by atoms with Crippen molar-refractivity contribution in [2.75, 3.05) is 5.32 Å². The first-order valence-electron chi connectivity index (χ1n) is 11.7. The maximum absolute atomic E-state index is 13.9. The number of H-pyrrole nitrogens is 1. The van der Waals surface area contributed by atoms with Crippen molar-refractivity contribution in [3.05, 3.63) is 40.8 Å². The monoisotopic (exact) mass is 451 g/mol. The zero-order chi connectivity index (χ0) is 22.7. The van der Waals surface area contributed by atoms with Gasteiger partial charge >= 0.3 is 5.97 Å². The summed E-state index contributed by atoms with van der Waals surface area (Å²) in [6, 6.07) is 1.18. The van der Waals surface area contributed by atoms with Gasteiger partial charge in [0.2, 0.25) is 0 Å². The van der Waals surface area contributed by atoms with E-state index in [4.69, 9.17) is 0 Å². The average Bonchev–Trinajstić information content (AvgIpc) is 3.18. The van der Waals surface area contributed by atoms with E-state index in [0.29, 0.717) is 22.3 Å². The molecule has 3 aromatic heterocycles. The highest BCUT2D eigenvalue weighted by Crippen LogP contribution is 2.46. The van der Waals surface area contributed by atoms with Crippen molar-refractivity contribution in [2.24, 2.45) is 17.8 Å². The number of pyridine rings is 1. The molecule has 0 amide bonds. The predicted molar refractivity (Wildman–Crippen MR) is 120 cm³/mol. The second-order valence-corrected chi connectivity index (χ2v) is 9.73. The van der Waals surface area contributed by atoms with Crippen LogP contribution in [0.25, 0.3) is 22.3 Å². The van der Waals surface area contributed by atoms with Crippen LogP contribution in [0.15, 0.2) is 29.5 Å². The molecule has 3 N–H and O–H groups in total. The number of carboxylic acids is 1. The Morgan fingerprint density at radius 1 is 1.18 bits per heavy atom.